The third-order valence-electron chi connectivity index (χ3n) is 2.67. The highest BCUT2D eigenvalue weighted by Crippen LogP contribution is 2.33. The summed E-state index contributed by atoms with van der Waals surface area (Å²) in [4.78, 5) is 0. The van der Waals surface area contributed by atoms with Crippen molar-refractivity contribution in [2.24, 2.45) is 0 Å². The summed E-state index contributed by atoms with van der Waals surface area (Å²) in [6.07, 6.45) is 3.41. The number of halogens is 1. The van der Waals surface area contributed by atoms with Gasteiger partial charge in [0.2, 0.25) is 0 Å². The average Bonchev–Trinajstić information content (AvgIpc) is 2.90. The topological polar surface area (TPSA) is 60.0 Å². The molecule has 18 heavy (non-hydrogen) atoms. The highest BCUT2D eigenvalue weighted by Gasteiger charge is 2.10. The Balaban J connectivity index is 2.17. The number of methoxy groups -OCH3 is 2. The molecule has 0 bridgehead atoms. The van der Waals surface area contributed by atoms with Crippen LogP contribution in [0.4, 0.5) is 0 Å². The van der Waals surface area contributed by atoms with Gasteiger partial charge in [0, 0.05) is 4.47 Å². The van der Waals surface area contributed by atoms with Gasteiger partial charge in [0.1, 0.15) is 0 Å². The van der Waals surface area contributed by atoms with Crippen molar-refractivity contribution in [3.8, 4) is 11.5 Å². The molecule has 0 fully saturated rings. The number of aryl methyl sites for hydroxylation is 2. The lowest BCUT2D eigenvalue weighted by Crippen LogP contribution is -1.97. The first-order valence-electron chi connectivity index (χ1n) is 5.49. The molecule has 0 spiro atoms. The van der Waals surface area contributed by atoms with E-state index in [1.807, 2.05) is 12.1 Å². The number of H-pyrrole nitrogens is 1. The van der Waals surface area contributed by atoms with E-state index in [1.54, 1.807) is 20.4 Å². The number of aromatic nitrogens is 3. The molecule has 0 radical (unpaired) electrons. The maximum absolute atomic E-state index is 5.29. The number of aromatic amines is 1. The minimum Gasteiger partial charge on any atom is -0.493 e. The third kappa shape index (κ3) is 2.81. The standard InChI is InChI=1S/C12H14BrN3O2/c1-17-11-5-8(10(13)6-12(11)18-2)3-4-9-7-14-16-15-9/h5-7H,3-4H2,1-2H3,(H,14,15,16). The highest BCUT2D eigenvalue weighted by atomic mass is 79.9. The van der Waals surface area contributed by atoms with E-state index in [1.165, 1.54) is 0 Å². The summed E-state index contributed by atoms with van der Waals surface area (Å²) >= 11 is 3.54. The van der Waals surface area contributed by atoms with Crippen molar-refractivity contribution < 1.29 is 9.47 Å². The smallest absolute Gasteiger partial charge is 0.161 e. The zero-order chi connectivity index (χ0) is 13.0. The SMILES string of the molecule is COc1cc(Br)c(CCc2cn[nH]n2)cc1OC. The Morgan fingerprint density at radius 3 is 2.50 bits per heavy atom. The van der Waals surface area contributed by atoms with Crippen molar-refractivity contribution in [3.63, 3.8) is 0 Å². The van der Waals surface area contributed by atoms with Crippen molar-refractivity contribution in [3.05, 3.63) is 34.1 Å². The normalized spacial score (nSPS) is 10.4. The molecule has 0 aliphatic carbocycles. The van der Waals surface area contributed by atoms with Crippen LogP contribution >= 0.6 is 15.9 Å². The van der Waals surface area contributed by atoms with E-state index in [2.05, 4.69) is 31.3 Å². The van der Waals surface area contributed by atoms with Crippen LogP contribution in [0.3, 0.4) is 0 Å². The van der Waals surface area contributed by atoms with Crippen LogP contribution in [0.2, 0.25) is 0 Å². The first kappa shape index (κ1) is 12.9. The van der Waals surface area contributed by atoms with Crippen LogP contribution in [-0.4, -0.2) is 29.6 Å². The quantitative estimate of drug-likeness (QED) is 0.921. The molecule has 0 aliphatic rings. The average molecular weight is 312 g/mol. The van der Waals surface area contributed by atoms with Gasteiger partial charge < -0.3 is 9.47 Å². The summed E-state index contributed by atoms with van der Waals surface area (Å²) < 4.78 is 11.5. The number of nitrogens with zero attached hydrogens (tertiary/aromatic N) is 2. The van der Waals surface area contributed by atoms with Gasteiger partial charge in [-0.05, 0) is 30.5 Å². The van der Waals surface area contributed by atoms with Crippen molar-refractivity contribution in [1.82, 2.24) is 15.4 Å². The molecular weight excluding hydrogens is 298 g/mol. The molecule has 0 atom stereocenters. The van der Waals surface area contributed by atoms with Gasteiger partial charge in [0.15, 0.2) is 11.5 Å². The van der Waals surface area contributed by atoms with Crippen molar-refractivity contribution >= 4 is 15.9 Å². The van der Waals surface area contributed by atoms with E-state index in [0.717, 1.165) is 40.1 Å². The summed E-state index contributed by atoms with van der Waals surface area (Å²) in [5, 5.41) is 10.4. The molecule has 0 saturated heterocycles. The molecule has 0 saturated carbocycles. The fraction of sp³-hybridized carbons (Fsp3) is 0.333. The Hall–Kier alpha value is -1.56. The molecule has 0 aliphatic heterocycles. The van der Waals surface area contributed by atoms with E-state index in [-0.39, 0.29) is 0 Å². The van der Waals surface area contributed by atoms with Crippen LogP contribution in [0.1, 0.15) is 11.3 Å². The Labute approximate surface area is 114 Å². The van der Waals surface area contributed by atoms with Gasteiger partial charge in [-0.3, -0.25) is 0 Å². The number of hydrogen-bond donors (Lipinski definition) is 1. The van der Waals surface area contributed by atoms with Crippen LogP contribution in [0.5, 0.6) is 11.5 Å². The fourth-order valence-electron chi connectivity index (χ4n) is 1.70. The summed E-state index contributed by atoms with van der Waals surface area (Å²) in [6, 6.07) is 3.89. The lowest BCUT2D eigenvalue weighted by Gasteiger charge is -2.11. The third-order valence-corrected chi connectivity index (χ3v) is 3.41. The second-order valence-electron chi connectivity index (χ2n) is 3.76. The zero-order valence-corrected chi connectivity index (χ0v) is 11.8. The largest absolute Gasteiger partial charge is 0.493 e. The molecule has 2 aromatic rings. The minimum absolute atomic E-state index is 0.717. The number of nitrogens with one attached hydrogen (secondary N) is 1. The van der Waals surface area contributed by atoms with Gasteiger partial charge in [-0.25, -0.2) is 0 Å². The number of ether oxygens (including phenoxy) is 2. The predicted octanol–water partition coefficient (Wildman–Crippen LogP) is 2.37. The van der Waals surface area contributed by atoms with E-state index >= 15 is 0 Å². The number of rotatable bonds is 5. The Morgan fingerprint density at radius 2 is 1.89 bits per heavy atom. The van der Waals surface area contributed by atoms with Crippen LogP contribution < -0.4 is 9.47 Å². The van der Waals surface area contributed by atoms with Crippen molar-refractivity contribution in [1.29, 1.82) is 0 Å². The Kier molecular flexibility index (Phi) is 4.19. The lowest BCUT2D eigenvalue weighted by atomic mass is 10.1. The van der Waals surface area contributed by atoms with Crippen LogP contribution in [0.15, 0.2) is 22.8 Å². The van der Waals surface area contributed by atoms with Gasteiger partial charge >= 0.3 is 0 Å². The maximum Gasteiger partial charge on any atom is 0.161 e. The molecule has 5 nitrogen and oxygen atoms in total. The van der Waals surface area contributed by atoms with Crippen LogP contribution in [-0.2, 0) is 12.8 Å². The molecule has 1 N–H and O–H groups in total. The highest BCUT2D eigenvalue weighted by molar-refractivity contribution is 9.10. The first-order chi connectivity index (χ1) is 8.74. The van der Waals surface area contributed by atoms with Crippen LogP contribution in [0, 0.1) is 0 Å². The monoisotopic (exact) mass is 311 g/mol. The number of hydrogen-bond acceptors (Lipinski definition) is 4. The molecule has 6 heteroatoms. The molecular formula is C12H14BrN3O2. The van der Waals surface area contributed by atoms with E-state index < -0.39 is 0 Å². The molecule has 1 aromatic carbocycles. The number of benzene rings is 1. The van der Waals surface area contributed by atoms with E-state index in [4.69, 9.17) is 9.47 Å². The van der Waals surface area contributed by atoms with E-state index in [9.17, 15) is 0 Å². The summed E-state index contributed by atoms with van der Waals surface area (Å²) in [6.45, 7) is 0. The molecule has 0 amide bonds. The van der Waals surface area contributed by atoms with Gasteiger partial charge in [0.05, 0.1) is 26.1 Å². The minimum atomic E-state index is 0.717. The second-order valence-corrected chi connectivity index (χ2v) is 4.61. The molecule has 2 rings (SSSR count). The first-order valence-corrected chi connectivity index (χ1v) is 6.29. The zero-order valence-electron chi connectivity index (χ0n) is 10.2. The van der Waals surface area contributed by atoms with Crippen molar-refractivity contribution in [2.45, 2.75) is 12.8 Å². The van der Waals surface area contributed by atoms with E-state index in [0.29, 0.717) is 0 Å². The molecule has 0 unspecified atom stereocenters. The summed E-state index contributed by atoms with van der Waals surface area (Å²) in [5.74, 6) is 1.45. The fourth-order valence-corrected chi connectivity index (χ4v) is 2.22. The molecule has 1 aromatic heterocycles. The van der Waals surface area contributed by atoms with Gasteiger partial charge in [-0.15, -0.1) is 0 Å². The second kappa shape index (κ2) is 5.86. The Bertz CT molecular complexity index is 514. The van der Waals surface area contributed by atoms with Crippen molar-refractivity contribution in [2.75, 3.05) is 14.2 Å². The van der Waals surface area contributed by atoms with Crippen LogP contribution in [0.25, 0.3) is 0 Å². The summed E-state index contributed by atoms with van der Waals surface area (Å²) in [7, 11) is 3.26. The van der Waals surface area contributed by atoms with Gasteiger partial charge in [-0.2, -0.15) is 15.4 Å². The Morgan fingerprint density at radius 1 is 1.17 bits per heavy atom. The maximum atomic E-state index is 5.29. The lowest BCUT2D eigenvalue weighted by molar-refractivity contribution is 0.354. The van der Waals surface area contributed by atoms with Gasteiger partial charge in [-0.1, -0.05) is 15.9 Å². The predicted molar refractivity (Wildman–Crippen MR) is 71.0 cm³/mol. The van der Waals surface area contributed by atoms with Gasteiger partial charge in [0.25, 0.3) is 0 Å². The summed E-state index contributed by atoms with van der Waals surface area (Å²) in [5.41, 5.74) is 2.09. The molecule has 1 heterocycles. The molecule has 96 valence electrons.